The Morgan fingerprint density at radius 2 is 1.90 bits per heavy atom. The Kier molecular flexibility index (Phi) is 4.64. The molecule has 0 spiro atoms. The van der Waals surface area contributed by atoms with Crippen molar-refractivity contribution in [2.45, 2.75) is 36.6 Å². The van der Waals surface area contributed by atoms with E-state index in [1.165, 1.54) is 11.4 Å². The zero-order valence-electron chi connectivity index (χ0n) is 11.1. The number of rotatable bonds is 5. The van der Waals surface area contributed by atoms with Gasteiger partial charge in [0.2, 0.25) is 15.9 Å². The average molecular weight is 332 g/mol. The van der Waals surface area contributed by atoms with E-state index >= 15 is 0 Å². The number of amides is 1. The lowest BCUT2D eigenvalue weighted by Crippen LogP contribution is -2.39. The fourth-order valence-corrected chi connectivity index (χ4v) is 5.01. The topological polar surface area (TPSA) is 127 Å². The van der Waals surface area contributed by atoms with Crippen LogP contribution in [0, 0.1) is 5.92 Å². The van der Waals surface area contributed by atoms with Crippen LogP contribution < -0.4 is 10.5 Å². The highest BCUT2D eigenvalue weighted by Crippen LogP contribution is 2.27. The summed E-state index contributed by atoms with van der Waals surface area (Å²) in [6.45, 7) is 0. The highest BCUT2D eigenvalue weighted by molar-refractivity contribution is 7.89. The standard InChI is InChI=1S/C12H16N2O5S2/c13-11(15)7-1-3-8(4-2-7)14-21(18,19)9-5-6-20-10(9)12(16)17/h5-8,14H,1-4H2,(H2,13,15)(H,16,17). The molecule has 0 saturated heterocycles. The minimum Gasteiger partial charge on any atom is -0.477 e. The first-order chi connectivity index (χ1) is 9.81. The third-order valence-electron chi connectivity index (χ3n) is 3.56. The summed E-state index contributed by atoms with van der Waals surface area (Å²) in [6.07, 6.45) is 2.11. The molecule has 9 heteroatoms. The molecule has 21 heavy (non-hydrogen) atoms. The van der Waals surface area contributed by atoms with E-state index in [1.54, 1.807) is 0 Å². The lowest BCUT2D eigenvalue weighted by atomic mass is 9.86. The van der Waals surface area contributed by atoms with E-state index in [0.717, 1.165) is 11.3 Å². The van der Waals surface area contributed by atoms with Gasteiger partial charge in [0, 0.05) is 12.0 Å². The second-order valence-corrected chi connectivity index (χ2v) is 7.59. The number of primary amides is 1. The maximum absolute atomic E-state index is 12.2. The van der Waals surface area contributed by atoms with Crippen molar-refractivity contribution < 1.29 is 23.1 Å². The summed E-state index contributed by atoms with van der Waals surface area (Å²) in [5, 5.41) is 10.4. The molecule has 0 radical (unpaired) electrons. The summed E-state index contributed by atoms with van der Waals surface area (Å²) in [6, 6.07) is 0.984. The first-order valence-electron chi connectivity index (χ1n) is 6.43. The number of carboxylic acids is 1. The molecule has 1 aliphatic rings. The second-order valence-electron chi connectivity index (χ2n) is 4.99. The molecule has 7 nitrogen and oxygen atoms in total. The zero-order valence-corrected chi connectivity index (χ0v) is 12.7. The van der Waals surface area contributed by atoms with E-state index < -0.39 is 16.0 Å². The molecule has 2 rings (SSSR count). The molecule has 1 heterocycles. The minimum absolute atomic E-state index is 0.201. The van der Waals surface area contributed by atoms with Gasteiger partial charge in [-0.05, 0) is 37.1 Å². The van der Waals surface area contributed by atoms with Crippen molar-refractivity contribution in [1.29, 1.82) is 0 Å². The van der Waals surface area contributed by atoms with Gasteiger partial charge in [0.05, 0.1) is 0 Å². The zero-order chi connectivity index (χ0) is 15.6. The van der Waals surface area contributed by atoms with Crippen LogP contribution in [0.4, 0.5) is 0 Å². The van der Waals surface area contributed by atoms with Crippen LogP contribution in [0.2, 0.25) is 0 Å². The minimum atomic E-state index is -3.87. The van der Waals surface area contributed by atoms with E-state index in [0.29, 0.717) is 25.7 Å². The number of carboxylic acid groups (broad SMARTS) is 1. The molecule has 0 aliphatic heterocycles. The summed E-state index contributed by atoms with van der Waals surface area (Å²) in [4.78, 5) is 21.7. The monoisotopic (exact) mass is 332 g/mol. The van der Waals surface area contributed by atoms with Gasteiger partial charge in [-0.2, -0.15) is 0 Å². The van der Waals surface area contributed by atoms with Crippen LogP contribution in [0.25, 0.3) is 0 Å². The fourth-order valence-electron chi connectivity index (χ4n) is 2.44. The van der Waals surface area contributed by atoms with E-state index in [2.05, 4.69) is 4.72 Å². The lowest BCUT2D eigenvalue weighted by molar-refractivity contribution is -0.122. The predicted octanol–water partition coefficient (Wildman–Crippen LogP) is 0.769. The molecule has 0 atom stereocenters. The van der Waals surface area contributed by atoms with Crippen LogP contribution in [-0.2, 0) is 14.8 Å². The summed E-state index contributed by atoms with van der Waals surface area (Å²) in [5.41, 5.74) is 5.23. The van der Waals surface area contributed by atoms with Crippen molar-refractivity contribution in [2.75, 3.05) is 0 Å². The normalized spacial score (nSPS) is 22.9. The lowest BCUT2D eigenvalue weighted by Gasteiger charge is -2.27. The summed E-state index contributed by atoms with van der Waals surface area (Å²) < 4.78 is 27.0. The van der Waals surface area contributed by atoms with E-state index in [9.17, 15) is 18.0 Å². The number of hydrogen-bond acceptors (Lipinski definition) is 5. The maximum atomic E-state index is 12.2. The van der Waals surface area contributed by atoms with Crippen LogP contribution in [0.3, 0.4) is 0 Å². The Bertz CT molecular complexity index is 644. The van der Waals surface area contributed by atoms with Crippen molar-refractivity contribution in [3.63, 3.8) is 0 Å². The largest absolute Gasteiger partial charge is 0.477 e. The number of carbonyl (C=O) groups excluding carboxylic acids is 1. The van der Waals surface area contributed by atoms with Gasteiger partial charge in [-0.15, -0.1) is 11.3 Å². The molecule has 1 saturated carbocycles. The smallest absolute Gasteiger partial charge is 0.347 e. The summed E-state index contributed by atoms with van der Waals surface area (Å²) in [7, 11) is -3.87. The van der Waals surface area contributed by atoms with Crippen molar-refractivity contribution in [2.24, 2.45) is 11.7 Å². The third-order valence-corrected chi connectivity index (χ3v) is 6.16. The first kappa shape index (κ1) is 15.9. The maximum Gasteiger partial charge on any atom is 0.347 e. The molecule has 1 aliphatic carbocycles. The van der Waals surface area contributed by atoms with Crippen LogP contribution in [-0.4, -0.2) is 31.4 Å². The highest BCUT2D eigenvalue weighted by Gasteiger charge is 2.30. The van der Waals surface area contributed by atoms with Crippen molar-refractivity contribution in [3.8, 4) is 0 Å². The van der Waals surface area contributed by atoms with Gasteiger partial charge in [-0.3, -0.25) is 4.79 Å². The Labute approximate surface area is 126 Å². The van der Waals surface area contributed by atoms with Gasteiger partial charge in [-0.1, -0.05) is 0 Å². The van der Waals surface area contributed by atoms with Crippen molar-refractivity contribution in [1.82, 2.24) is 4.72 Å². The number of carbonyl (C=O) groups is 2. The molecule has 4 N–H and O–H groups in total. The highest BCUT2D eigenvalue weighted by atomic mass is 32.2. The molecule has 0 bridgehead atoms. The van der Waals surface area contributed by atoms with Crippen molar-refractivity contribution in [3.05, 3.63) is 16.3 Å². The number of aromatic carboxylic acids is 1. The van der Waals surface area contributed by atoms with Gasteiger partial charge in [0.1, 0.15) is 9.77 Å². The number of sulfonamides is 1. The van der Waals surface area contributed by atoms with E-state index in [1.807, 2.05) is 0 Å². The molecule has 116 valence electrons. The van der Waals surface area contributed by atoms with Crippen molar-refractivity contribution >= 4 is 33.2 Å². The Hall–Kier alpha value is -1.45. The van der Waals surface area contributed by atoms with Crippen LogP contribution >= 0.6 is 11.3 Å². The number of thiophene rings is 1. The van der Waals surface area contributed by atoms with Crippen LogP contribution in [0.5, 0.6) is 0 Å². The Morgan fingerprint density at radius 3 is 2.43 bits per heavy atom. The van der Waals surface area contributed by atoms with Gasteiger partial charge < -0.3 is 10.8 Å². The molecule has 1 fully saturated rings. The van der Waals surface area contributed by atoms with Crippen LogP contribution in [0.1, 0.15) is 35.4 Å². The number of nitrogens with one attached hydrogen (secondary N) is 1. The van der Waals surface area contributed by atoms with E-state index in [-0.39, 0.29) is 27.6 Å². The molecular weight excluding hydrogens is 316 g/mol. The molecule has 1 aromatic rings. The molecule has 1 aromatic heterocycles. The second kappa shape index (κ2) is 6.12. The van der Waals surface area contributed by atoms with Gasteiger partial charge in [-0.25, -0.2) is 17.9 Å². The van der Waals surface area contributed by atoms with Crippen LogP contribution in [0.15, 0.2) is 16.3 Å². The predicted molar refractivity (Wildman–Crippen MR) is 76.5 cm³/mol. The molecule has 0 aromatic carbocycles. The first-order valence-corrected chi connectivity index (χ1v) is 8.80. The van der Waals surface area contributed by atoms with E-state index in [4.69, 9.17) is 10.8 Å². The molecular formula is C12H16N2O5S2. The summed E-state index contributed by atoms with van der Waals surface area (Å²) in [5.74, 6) is -1.83. The number of hydrogen-bond donors (Lipinski definition) is 3. The SMILES string of the molecule is NC(=O)C1CCC(NS(=O)(=O)c2ccsc2C(=O)O)CC1. The Balaban J connectivity index is 2.07. The summed E-state index contributed by atoms with van der Waals surface area (Å²) >= 11 is 0.871. The van der Waals surface area contributed by atoms with Gasteiger partial charge >= 0.3 is 5.97 Å². The molecule has 1 amide bonds. The van der Waals surface area contributed by atoms with Gasteiger partial charge in [0.25, 0.3) is 0 Å². The number of nitrogens with two attached hydrogens (primary N) is 1. The fraction of sp³-hybridized carbons (Fsp3) is 0.500. The molecule has 0 unspecified atom stereocenters. The third kappa shape index (κ3) is 3.60. The van der Waals surface area contributed by atoms with Gasteiger partial charge in [0.15, 0.2) is 0 Å². The average Bonchev–Trinajstić information content (AvgIpc) is 2.89. The quantitative estimate of drug-likeness (QED) is 0.734. The Morgan fingerprint density at radius 1 is 1.29 bits per heavy atom.